The molecule has 0 atom stereocenters. The topological polar surface area (TPSA) is 29.5 Å². The van der Waals surface area contributed by atoms with Gasteiger partial charge in [-0.05, 0) is 24.6 Å². The predicted octanol–water partition coefficient (Wildman–Crippen LogP) is 3.09. The summed E-state index contributed by atoms with van der Waals surface area (Å²) in [6, 6.07) is 4.68. The second kappa shape index (κ2) is 4.55. The first-order valence-electron chi connectivity index (χ1n) is 5.87. The smallest absolute Gasteiger partial charge is 0.385 e. The van der Waals surface area contributed by atoms with Crippen molar-refractivity contribution in [2.75, 3.05) is 6.61 Å². The molecule has 1 aliphatic carbocycles. The highest BCUT2D eigenvalue weighted by Crippen LogP contribution is 2.43. The van der Waals surface area contributed by atoms with Gasteiger partial charge >= 0.3 is 6.18 Å². The highest BCUT2D eigenvalue weighted by molar-refractivity contribution is 5.30. The van der Waals surface area contributed by atoms with Gasteiger partial charge in [-0.3, -0.25) is 0 Å². The lowest BCUT2D eigenvalue weighted by Gasteiger charge is -2.43. The minimum absolute atomic E-state index is 0.00212. The highest BCUT2D eigenvalue weighted by atomic mass is 19.4. The van der Waals surface area contributed by atoms with E-state index in [-0.39, 0.29) is 6.10 Å². The van der Waals surface area contributed by atoms with Crippen molar-refractivity contribution in [3.05, 3.63) is 35.4 Å². The summed E-state index contributed by atoms with van der Waals surface area (Å²) in [6.07, 6.45) is -3.46. The molecule has 1 N–H and O–H groups in total. The largest absolute Gasteiger partial charge is 0.416 e. The maximum absolute atomic E-state index is 12.4. The minimum Gasteiger partial charge on any atom is -0.385 e. The number of benzene rings is 1. The van der Waals surface area contributed by atoms with Crippen LogP contribution in [0.4, 0.5) is 13.2 Å². The van der Waals surface area contributed by atoms with Crippen LogP contribution in [0.3, 0.4) is 0 Å². The van der Waals surface area contributed by atoms with Gasteiger partial charge in [0.15, 0.2) is 0 Å². The Balaban J connectivity index is 2.07. The van der Waals surface area contributed by atoms with Crippen molar-refractivity contribution in [2.24, 2.45) is 0 Å². The van der Waals surface area contributed by atoms with Gasteiger partial charge in [-0.2, -0.15) is 13.2 Å². The lowest BCUT2D eigenvalue weighted by atomic mass is 9.72. The predicted molar refractivity (Wildman–Crippen MR) is 60.0 cm³/mol. The van der Waals surface area contributed by atoms with Crippen molar-refractivity contribution in [3.63, 3.8) is 0 Å². The molecule has 0 aromatic heterocycles. The van der Waals surface area contributed by atoms with Crippen LogP contribution in [-0.4, -0.2) is 17.8 Å². The Labute approximate surface area is 103 Å². The lowest BCUT2D eigenvalue weighted by Crippen LogP contribution is -2.45. The summed E-state index contributed by atoms with van der Waals surface area (Å²) < 4.78 is 42.5. The van der Waals surface area contributed by atoms with Crippen LogP contribution in [-0.2, 0) is 16.5 Å². The number of halogens is 3. The van der Waals surface area contributed by atoms with E-state index >= 15 is 0 Å². The monoisotopic (exact) mass is 260 g/mol. The van der Waals surface area contributed by atoms with Crippen molar-refractivity contribution >= 4 is 0 Å². The number of alkyl halides is 3. The Morgan fingerprint density at radius 1 is 1.28 bits per heavy atom. The quantitative estimate of drug-likeness (QED) is 0.905. The van der Waals surface area contributed by atoms with Gasteiger partial charge in [0.05, 0.1) is 17.3 Å². The van der Waals surface area contributed by atoms with E-state index in [1.54, 1.807) is 0 Å². The van der Waals surface area contributed by atoms with Gasteiger partial charge in [0.2, 0.25) is 0 Å². The zero-order valence-electron chi connectivity index (χ0n) is 10.00. The van der Waals surface area contributed by atoms with Crippen molar-refractivity contribution in [2.45, 2.75) is 37.6 Å². The van der Waals surface area contributed by atoms with E-state index in [9.17, 15) is 18.3 Å². The first kappa shape index (κ1) is 13.4. The fourth-order valence-electron chi connectivity index (χ4n) is 2.25. The highest BCUT2D eigenvalue weighted by Gasteiger charge is 2.44. The van der Waals surface area contributed by atoms with Crippen LogP contribution in [0.25, 0.3) is 0 Å². The molecule has 0 radical (unpaired) electrons. The molecule has 5 heteroatoms. The van der Waals surface area contributed by atoms with Crippen molar-refractivity contribution in [3.8, 4) is 0 Å². The molecule has 0 aliphatic heterocycles. The third-order valence-corrected chi connectivity index (χ3v) is 3.28. The Hall–Kier alpha value is -1.07. The summed E-state index contributed by atoms with van der Waals surface area (Å²) in [6.45, 7) is 2.45. The molecule has 0 spiro atoms. The molecule has 18 heavy (non-hydrogen) atoms. The number of rotatable bonds is 3. The number of hydrogen-bond donors (Lipinski definition) is 1. The van der Waals surface area contributed by atoms with Crippen LogP contribution < -0.4 is 0 Å². The van der Waals surface area contributed by atoms with E-state index in [1.165, 1.54) is 12.1 Å². The minimum atomic E-state index is -4.34. The average Bonchev–Trinajstić information content (AvgIpc) is 2.26. The fraction of sp³-hybridized carbons (Fsp3) is 0.538. The van der Waals surface area contributed by atoms with E-state index in [0.29, 0.717) is 25.0 Å². The Morgan fingerprint density at radius 2 is 1.83 bits per heavy atom. The molecule has 1 saturated carbocycles. The van der Waals surface area contributed by atoms with Gasteiger partial charge in [-0.25, -0.2) is 0 Å². The van der Waals surface area contributed by atoms with Crippen LogP contribution in [0.1, 0.15) is 30.9 Å². The van der Waals surface area contributed by atoms with E-state index in [4.69, 9.17) is 4.74 Å². The third kappa shape index (κ3) is 2.52. The van der Waals surface area contributed by atoms with Crippen LogP contribution in [0.5, 0.6) is 0 Å². The summed E-state index contributed by atoms with van der Waals surface area (Å²) in [7, 11) is 0. The Bertz CT molecular complexity index is 405. The zero-order chi connectivity index (χ0) is 13.4. The summed E-state index contributed by atoms with van der Waals surface area (Å²) >= 11 is 0. The zero-order valence-corrected chi connectivity index (χ0v) is 10.00. The third-order valence-electron chi connectivity index (χ3n) is 3.28. The van der Waals surface area contributed by atoms with E-state index in [0.717, 1.165) is 12.1 Å². The summed E-state index contributed by atoms with van der Waals surface area (Å²) in [5, 5.41) is 10.2. The molecule has 2 rings (SSSR count). The Morgan fingerprint density at radius 3 is 2.28 bits per heavy atom. The van der Waals surface area contributed by atoms with Crippen LogP contribution >= 0.6 is 0 Å². The number of aliphatic hydroxyl groups is 1. The molecule has 0 unspecified atom stereocenters. The first-order chi connectivity index (χ1) is 8.35. The van der Waals surface area contributed by atoms with Gasteiger partial charge in [0.1, 0.15) is 0 Å². The molecule has 0 heterocycles. The second-order valence-corrected chi connectivity index (χ2v) is 4.59. The average molecular weight is 260 g/mol. The van der Waals surface area contributed by atoms with Gasteiger partial charge in [-0.1, -0.05) is 12.1 Å². The SMILES string of the molecule is CCOC1CC(O)(c2ccc(C(F)(F)F)cc2)C1. The molecule has 1 aromatic carbocycles. The molecule has 1 aromatic rings. The molecular weight excluding hydrogens is 245 g/mol. The lowest BCUT2D eigenvalue weighted by molar-refractivity contribution is -0.144. The normalized spacial score (nSPS) is 27.9. The molecule has 0 amide bonds. The van der Waals surface area contributed by atoms with E-state index in [2.05, 4.69) is 0 Å². The second-order valence-electron chi connectivity index (χ2n) is 4.59. The molecule has 1 fully saturated rings. The van der Waals surface area contributed by atoms with Crippen molar-refractivity contribution < 1.29 is 23.0 Å². The first-order valence-corrected chi connectivity index (χ1v) is 5.87. The van der Waals surface area contributed by atoms with Gasteiger partial charge in [0, 0.05) is 19.4 Å². The molecule has 0 bridgehead atoms. The standard InChI is InChI=1S/C13H15F3O2/c1-2-18-11-7-12(17,8-11)9-3-5-10(6-4-9)13(14,15)16/h3-6,11,17H,2,7-8H2,1H3. The maximum atomic E-state index is 12.4. The van der Waals surface area contributed by atoms with E-state index in [1.807, 2.05) is 6.92 Å². The molecule has 0 saturated heterocycles. The number of ether oxygens (including phenoxy) is 1. The van der Waals surface area contributed by atoms with Crippen LogP contribution in [0.2, 0.25) is 0 Å². The Kier molecular flexibility index (Phi) is 3.38. The van der Waals surface area contributed by atoms with Crippen molar-refractivity contribution in [1.29, 1.82) is 0 Å². The summed E-state index contributed by atoms with van der Waals surface area (Å²) in [5.74, 6) is 0. The van der Waals surface area contributed by atoms with Crippen LogP contribution in [0.15, 0.2) is 24.3 Å². The van der Waals surface area contributed by atoms with Gasteiger partial charge in [-0.15, -0.1) is 0 Å². The van der Waals surface area contributed by atoms with E-state index < -0.39 is 17.3 Å². The maximum Gasteiger partial charge on any atom is 0.416 e. The number of hydrogen-bond acceptors (Lipinski definition) is 2. The van der Waals surface area contributed by atoms with Gasteiger partial charge < -0.3 is 9.84 Å². The molecular formula is C13H15F3O2. The summed E-state index contributed by atoms with van der Waals surface area (Å²) in [5.41, 5.74) is -1.22. The van der Waals surface area contributed by atoms with Crippen molar-refractivity contribution in [1.82, 2.24) is 0 Å². The van der Waals surface area contributed by atoms with Gasteiger partial charge in [0.25, 0.3) is 0 Å². The molecule has 100 valence electrons. The molecule has 1 aliphatic rings. The van der Waals surface area contributed by atoms with Crippen LogP contribution in [0, 0.1) is 0 Å². The summed E-state index contributed by atoms with van der Waals surface area (Å²) in [4.78, 5) is 0. The fourth-order valence-corrected chi connectivity index (χ4v) is 2.25. The molecule has 2 nitrogen and oxygen atoms in total.